The molecule has 0 radical (unpaired) electrons. The van der Waals surface area contributed by atoms with Crippen LogP contribution in [0.2, 0.25) is 0 Å². The van der Waals surface area contributed by atoms with E-state index in [1.807, 2.05) is 6.92 Å². The fraction of sp³-hybridized carbons (Fsp3) is 0.429. The Kier molecular flexibility index (Phi) is 6.36. The van der Waals surface area contributed by atoms with Gasteiger partial charge in [0, 0.05) is 6.54 Å². The van der Waals surface area contributed by atoms with E-state index in [1.165, 1.54) is 6.92 Å². The fourth-order valence-corrected chi connectivity index (χ4v) is 1.43. The van der Waals surface area contributed by atoms with Crippen LogP contribution < -0.4 is 15.8 Å². The Hall–Kier alpha value is -2.24. The van der Waals surface area contributed by atoms with Gasteiger partial charge in [0.05, 0.1) is 5.69 Å². The van der Waals surface area contributed by atoms with Gasteiger partial charge in [0.15, 0.2) is 12.7 Å². The van der Waals surface area contributed by atoms with Gasteiger partial charge in [-0.15, -0.1) is 0 Å². The van der Waals surface area contributed by atoms with Crippen LogP contribution in [0.1, 0.15) is 20.3 Å². The number of amides is 1. The molecule has 0 fully saturated rings. The van der Waals surface area contributed by atoms with Crippen LogP contribution in [0.4, 0.5) is 5.69 Å². The summed E-state index contributed by atoms with van der Waals surface area (Å²) in [6.45, 7) is 3.71. The van der Waals surface area contributed by atoms with E-state index in [0.717, 1.165) is 6.42 Å². The van der Waals surface area contributed by atoms with Crippen LogP contribution in [0.5, 0.6) is 5.75 Å². The average Bonchev–Trinajstić information content (AvgIpc) is 2.43. The van der Waals surface area contributed by atoms with Crippen molar-refractivity contribution in [3.05, 3.63) is 24.3 Å². The maximum absolute atomic E-state index is 11.5. The third kappa shape index (κ3) is 5.17. The molecule has 0 spiro atoms. The highest BCUT2D eigenvalue weighted by atomic mass is 16.6. The van der Waals surface area contributed by atoms with E-state index in [1.54, 1.807) is 24.3 Å². The molecule has 1 unspecified atom stereocenters. The SMILES string of the molecule is CCCNC(=O)C(C)OC(=O)COc1ccccc1N. The van der Waals surface area contributed by atoms with Gasteiger partial charge in [-0.3, -0.25) is 4.79 Å². The lowest BCUT2D eigenvalue weighted by molar-refractivity contribution is -0.156. The van der Waals surface area contributed by atoms with Gasteiger partial charge in [0.25, 0.3) is 5.91 Å². The molecular weight excluding hydrogens is 260 g/mol. The summed E-state index contributed by atoms with van der Waals surface area (Å²) < 4.78 is 10.2. The number of hydrogen-bond donors (Lipinski definition) is 2. The lowest BCUT2D eigenvalue weighted by Crippen LogP contribution is -2.37. The molecule has 20 heavy (non-hydrogen) atoms. The smallest absolute Gasteiger partial charge is 0.344 e. The third-order valence-corrected chi connectivity index (χ3v) is 2.49. The van der Waals surface area contributed by atoms with E-state index in [-0.39, 0.29) is 12.5 Å². The first-order chi connectivity index (χ1) is 9.54. The number of anilines is 1. The monoisotopic (exact) mass is 280 g/mol. The minimum absolute atomic E-state index is 0.292. The highest BCUT2D eigenvalue weighted by Crippen LogP contribution is 2.19. The minimum atomic E-state index is -0.842. The number of ether oxygens (including phenoxy) is 2. The van der Waals surface area contributed by atoms with Crippen molar-refractivity contribution in [1.29, 1.82) is 0 Å². The van der Waals surface area contributed by atoms with Gasteiger partial charge in [0.2, 0.25) is 0 Å². The van der Waals surface area contributed by atoms with Crippen molar-refractivity contribution in [1.82, 2.24) is 5.32 Å². The maximum Gasteiger partial charge on any atom is 0.344 e. The summed E-state index contributed by atoms with van der Waals surface area (Å²) in [5.74, 6) is -0.528. The molecule has 1 amide bonds. The number of nitrogens with two attached hydrogens (primary N) is 1. The zero-order chi connectivity index (χ0) is 15.0. The van der Waals surface area contributed by atoms with Gasteiger partial charge in [-0.1, -0.05) is 19.1 Å². The van der Waals surface area contributed by atoms with Crippen molar-refractivity contribution >= 4 is 17.6 Å². The predicted octanol–water partition coefficient (Wildman–Crippen LogP) is 1.11. The van der Waals surface area contributed by atoms with E-state index in [2.05, 4.69) is 5.32 Å². The molecule has 0 aliphatic rings. The Labute approximate surface area is 118 Å². The summed E-state index contributed by atoms with van der Waals surface area (Å²) in [6, 6.07) is 6.83. The van der Waals surface area contributed by atoms with Crippen LogP contribution in [0.3, 0.4) is 0 Å². The van der Waals surface area contributed by atoms with Gasteiger partial charge in [-0.2, -0.15) is 0 Å². The van der Waals surface area contributed by atoms with Crippen LogP contribution in [0.25, 0.3) is 0 Å². The maximum atomic E-state index is 11.5. The van der Waals surface area contributed by atoms with E-state index in [4.69, 9.17) is 15.2 Å². The van der Waals surface area contributed by atoms with Crippen LogP contribution in [-0.2, 0) is 14.3 Å². The number of esters is 1. The first-order valence-corrected chi connectivity index (χ1v) is 6.49. The Morgan fingerprint density at radius 3 is 2.70 bits per heavy atom. The zero-order valence-corrected chi connectivity index (χ0v) is 11.7. The van der Waals surface area contributed by atoms with E-state index >= 15 is 0 Å². The standard InChI is InChI=1S/C14H20N2O4/c1-3-8-16-14(18)10(2)20-13(17)9-19-12-7-5-4-6-11(12)15/h4-7,10H,3,8-9,15H2,1-2H3,(H,16,18). The lowest BCUT2D eigenvalue weighted by atomic mass is 10.3. The quantitative estimate of drug-likeness (QED) is 0.576. The summed E-state index contributed by atoms with van der Waals surface area (Å²) >= 11 is 0. The number of para-hydroxylation sites is 2. The molecule has 6 heteroatoms. The molecule has 1 atom stereocenters. The van der Waals surface area contributed by atoms with Gasteiger partial charge in [-0.25, -0.2) is 4.79 Å². The van der Waals surface area contributed by atoms with E-state index in [9.17, 15) is 9.59 Å². The number of benzene rings is 1. The number of hydrogen-bond acceptors (Lipinski definition) is 5. The highest BCUT2D eigenvalue weighted by Gasteiger charge is 2.17. The van der Waals surface area contributed by atoms with Crippen molar-refractivity contribution in [2.75, 3.05) is 18.9 Å². The Bertz CT molecular complexity index is 462. The second kappa shape index (κ2) is 8.04. The Balaban J connectivity index is 2.37. The zero-order valence-electron chi connectivity index (χ0n) is 11.7. The molecule has 1 rings (SSSR count). The van der Waals surface area contributed by atoms with Gasteiger partial charge >= 0.3 is 5.97 Å². The summed E-state index contributed by atoms with van der Waals surface area (Å²) in [4.78, 5) is 23.1. The number of rotatable bonds is 7. The number of carbonyl (C=O) groups is 2. The van der Waals surface area contributed by atoms with E-state index in [0.29, 0.717) is 18.0 Å². The van der Waals surface area contributed by atoms with Crippen molar-refractivity contribution in [3.63, 3.8) is 0 Å². The van der Waals surface area contributed by atoms with Crippen molar-refractivity contribution < 1.29 is 19.1 Å². The van der Waals surface area contributed by atoms with Gasteiger partial charge < -0.3 is 20.5 Å². The molecule has 0 saturated carbocycles. The molecule has 0 bridgehead atoms. The van der Waals surface area contributed by atoms with Crippen LogP contribution in [0, 0.1) is 0 Å². The third-order valence-electron chi connectivity index (χ3n) is 2.49. The molecule has 0 aliphatic carbocycles. The number of carbonyl (C=O) groups excluding carboxylic acids is 2. The second-order valence-corrected chi connectivity index (χ2v) is 4.25. The molecule has 0 aliphatic heterocycles. The molecule has 0 heterocycles. The summed E-state index contributed by atoms with van der Waals surface area (Å²) in [6.07, 6.45) is -0.0197. The van der Waals surface area contributed by atoms with Gasteiger partial charge in [-0.05, 0) is 25.5 Å². The van der Waals surface area contributed by atoms with E-state index < -0.39 is 12.1 Å². The Morgan fingerprint density at radius 1 is 1.35 bits per heavy atom. The molecule has 0 aromatic heterocycles. The number of nitrogens with one attached hydrogen (secondary N) is 1. The van der Waals surface area contributed by atoms with Crippen molar-refractivity contribution in [3.8, 4) is 5.75 Å². The van der Waals surface area contributed by atoms with Crippen LogP contribution >= 0.6 is 0 Å². The summed E-state index contributed by atoms with van der Waals surface area (Å²) in [5.41, 5.74) is 6.11. The largest absolute Gasteiger partial charge is 0.480 e. The molecule has 6 nitrogen and oxygen atoms in total. The lowest BCUT2D eigenvalue weighted by Gasteiger charge is -2.13. The first kappa shape index (κ1) is 15.8. The normalized spacial score (nSPS) is 11.5. The van der Waals surface area contributed by atoms with Gasteiger partial charge in [0.1, 0.15) is 5.75 Å². The van der Waals surface area contributed by atoms with Crippen molar-refractivity contribution in [2.45, 2.75) is 26.4 Å². The first-order valence-electron chi connectivity index (χ1n) is 6.49. The average molecular weight is 280 g/mol. The predicted molar refractivity (Wildman–Crippen MR) is 75.2 cm³/mol. The minimum Gasteiger partial charge on any atom is -0.480 e. The fourth-order valence-electron chi connectivity index (χ4n) is 1.43. The summed E-state index contributed by atoms with van der Waals surface area (Å²) in [5, 5.41) is 2.64. The molecule has 1 aromatic rings. The van der Waals surface area contributed by atoms with Crippen LogP contribution in [0.15, 0.2) is 24.3 Å². The molecule has 3 N–H and O–H groups in total. The van der Waals surface area contributed by atoms with Crippen molar-refractivity contribution in [2.24, 2.45) is 0 Å². The van der Waals surface area contributed by atoms with Crippen LogP contribution in [-0.4, -0.2) is 31.1 Å². The number of nitrogen functional groups attached to an aromatic ring is 1. The molecule has 0 saturated heterocycles. The highest BCUT2D eigenvalue weighted by molar-refractivity contribution is 5.83. The molecular formula is C14H20N2O4. The molecule has 1 aromatic carbocycles. The second-order valence-electron chi connectivity index (χ2n) is 4.25. The molecule has 110 valence electrons. The Morgan fingerprint density at radius 2 is 2.05 bits per heavy atom. The topological polar surface area (TPSA) is 90.6 Å². The summed E-state index contributed by atoms with van der Waals surface area (Å²) in [7, 11) is 0.